The maximum absolute atomic E-state index is 12.8. The first kappa shape index (κ1) is 18.9. The molecule has 0 atom stereocenters. The largest absolute Gasteiger partial charge is 0.371 e. The fourth-order valence-corrected chi connectivity index (χ4v) is 3.72. The second kappa shape index (κ2) is 8.31. The zero-order valence-corrected chi connectivity index (χ0v) is 16.4. The number of pyridine rings is 1. The minimum Gasteiger partial charge on any atom is -0.371 e. The summed E-state index contributed by atoms with van der Waals surface area (Å²) in [6.07, 6.45) is 3.96. The monoisotopic (exact) mass is 388 g/mol. The molecule has 2 heterocycles. The number of aromatic nitrogens is 1. The van der Waals surface area contributed by atoms with Gasteiger partial charge in [0.1, 0.15) is 0 Å². The number of fused-ring (bicyclic) bond motifs is 1. The zero-order valence-electron chi connectivity index (χ0n) is 16.4. The number of amides is 2. The van der Waals surface area contributed by atoms with E-state index in [1.54, 1.807) is 12.3 Å². The van der Waals surface area contributed by atoms with Gasteiger partial charge in [-0.15, -0.1) is 0 Å². The molecule has 3 aromatic rings. The van der Waals surface area contributed by atoms with E-state index >= 15 is 0 Å². The number of benzene rings is 2. The third kappa shape index (κ3) is 4.21. The topological polar surface area (TPSA) is 74.3 Å². The molecule has 0 saturated carbocycles. The van der Waals surface area contributed by atoms with E-state index in [0.717, 1.165) is 48.1 Å². The summed E-state index contributed by atoms with van der Waals surface area (Å²) in [6.45, 7) is 3.77. The summed E-state index contributed by atoms with van der Waals surface area (Å²) < 4.78 is 0. The van der Waals surface area contributed by atoms with Gasteiger partial charge in [-0.25, -0.2) is 0 Å². The minimum absolute atomic E-state index is 0.102. The Morgan fingerprint density at radius 2 is 1.86 bits per heavy atom. The average molecular weight is 388 g/mol. The van der Waals surface area contributed by atoms with Gasteiger partial charge in [-0.3, -0.25) is 14.6 Å². The van der Waals surface area contributed by atoms with Crippen LogP contribution in [0.25, 0.3) is 10.9 Å². The Hall–Kier alpha value is -3.41. The van der Waals surface area contributed by atoms with Crippen LogP contribution in [0, 0.1) is 6.92 Å². The highest BCUT2D eigenvalue weighted by atomic mass is 16.2. The summed E-state index contributed by atoms with van der Waals surface area (Å²) in [7, 11) is 0. The van der Waals surface area contributed by atoms with E-state index in [0.29, 0.717) is 11.3 Å². The van der Waals surface area contributed by atoms with Crippen LogP contribution in [0.3, 0.4) is 0 Å². The number of nitrogens with zero attached hydrogens (tertiary/aromatic N) is 2. The molecule has 29 heavy (non-hydrogen) atoms. The lowest BCUT2D eigenvalue weighted by Crippen LogP contribution is -2.34. The van der Waals surface area contributed by atoms with Crippen molar-refractivity contribution < 1.29 is 9.59 Å². The molecule has 1 aliphatic rings. The van der Waals surface area contributed by atoms with Gasteiger partial charge in [0.2, 0.25) is 5.91 Å². The van der Waals surface area contributed by atoms with Crippen LogP contribution in [-0.4, -0.2) is 36.4 Å². The van der Waals surface area contributed by atoms with Crippen molar-refractivity contribution in [2.75, 3.05) is 29.9 Å². The maximum atomic E-state index is 12.8. The Labute approximate surface area is 169 Å². The number of nitrogens with one attached hydrogen (secondary N) is 2. The van der Waals surface area contributed by atoms with Crippen molar-refractivity contribution >= 4 is 34.1 Å². The second-order valence-corrected chi connectivity index (χ2v) is 7.33. The molecule has 6 nitrogen and oxygen atoms in total. The lowest BCUT2D eigenvalue weighted by molar-refractivity contribution is -0.115. The summed E-state index contributed by atoms with van der Waals surface area (Å²) in [5.74, 6) is -0.520. The lowest BCUT2D eigenvalue weighted by atomic mass is 10.1. The molecule has 1 aromatic heterocycles. The predicted octanol–water partition coefficient (Wildman–Crippen LogP) is 3.51. The van der Waals surface area contributed by atoms with E-state index in [9.17, 15) is 9.59 Å². The quantitative estimate of drug-likeness (QED) is 0.701. The van der Waals surface area contributed by atoms with Gasteiger partial charge in [0.15, 0.2) is 0 Å². The molecule has 2 aromatic carbocycles. The van der Waals surface area contributed by atoms with Gasteiger partial charge in [0.05, 0.1) is 23.3 Å². The number of carbonyl (C=O) groups excluding carboxylic acids is 2. The summed E-state index contributed by atoms with van der Waals surface area (Å²) in [5.41, 5.74) is 3.93. The third-order valence-electron chi connectivity index (χ3n) is 5.16. The van der Waals surface area contributed by atoms with Gasteiger partial charge < -0.3 is 15.5 Å². The van der Waals surface area contributed by atoms with E-state index in [1.165, 1.54) is 0 Å². The molecule has 0 bridgehead atoms. The molecular weight excluding hydrogens is 364 g/mol. The highest BCUT2D eigenvalue weighted by Gasteiger charge is 2.20. The first-order valence-corrected chi connectivity index (χ1v) is 9.89. The van der Waals surface area contributed by atoms with Gasteiger partial charge >= 0.3 is 0 Å². The molecule has 0 aliphatic carbocycles. The Morgan fingerprint density at radius 1 is 1.07 bits per heavy atom. The lowest BCUT2D eigenvalue weighted by Gasteiger charge is -2.21. The van der Waals surface area contributed by atoms with Crippen LogP contribution in [-0.2, 0) is 4.79 Å². The Kier molecular flexibility index (Phi) is 5.42. The molecular formula is C23H24N4O2. The summed E-state index contributed by atoms with van der Waals surface area (Å²) in [4.78, 5) is 31.8. The maximum Gasteiger partial charge on any atom is 0.253 e. The van der Waals surface area contributed by atoms with Gasteiger partial charge in [-0.1, -0.05) is 29.8 Å². The molecule has 2 N–H and O–H groups in total. The van der Waals surface area contributed by atoms with E-state index in [2.05, 4.69) is 20.5 Å². The Balaban J connectivity index is 1.44. The molecule has 1 aliphatic heterocycles. The zero-order chi connectivity index (χ0) is 20.2. The molecule has 0 unspecified atom stereocenters. The molecule has 148 valence electrons. The van der Waals surface area contributed by atoms with E-state index in [-0.39, 0.29) is 18.4 Å². The van der Waals surface area contributed by atoms with Crippen LogP contribution in [0.1, 0.15) is 28.8 Å². The van der Waals surface area contributed by atoms with Crippen LogP contribution in [0.15, 0.2) is 54.7 Å². The molecule has 2 amide bonds. The number of hydrogen-bond acceptors (Lipinski definition) is 4. The van der Waals surface area contributed by atoms with Gasteiger partial charge in [-0.2, -0.15) is 0 Å². The standard InChI is InChI=1S/C23H24N4O2/c1-16-9-10-20(27-12-2-3-13-27)18(14-16)23(29)25-15-21(28)26-19-8-4-6-17-7-5-11-24-22(17)19/h4-11,14H,2-3,12-13,15H2,1H3,(H,25,29)(H,26,28). The van der Waals surface area contributed by atoms with Crippen LogP contribution in [0.2, 0.25) is 0 Å². The molecule has 0 spiro atoms. The van der Waals surface area contributed by atoms with Crippen LogP contribution in [0.5, 0.6) is 0 Å². The third-order valence-corrected chi connectivity index (χ3v) is 5.16. The number of aryl methyl sites for hydroxylation is 1. The number of hydrogen-bond donors (Lipinski definition) is 2. The van der Waals surface area contributed by atoms with Crippen molar-refractivity contribution in [2.45, 2.75) is 19.8 Å². The van der Waals surface area contributed by atoms with Crippen LogP contribution >= 0.6 is 0 Å². The van der Waals surface area contributed by atoms with E-state index < -0.39 is 0 Å². The molecule has 1 fully saturated rings. The number of para-hydroxylation sites is 1. The number of rotatable bonds is 5. The summed E-state index contributed by atoms with van der Waals surface area (Å²) >= 11 is 0. The highest BCUT2D eigenvalue weighted by Crippen LogP contribution is 2.26. The van der Waals surface area contributed by atoms with Crippen molar-refractivity contribution in [3.63, 3.8) is 0 Å². The number of anilines is 2. The first-order chi connectivity index (χ1) is 14.1. The summed E-state index contributed by atoms with van der Waals surface area (Å²) in [6, 6.07) is 15.3. The van der Waals surface area contributed by atoms with Gasteiger partial charge in [-0.05, 0) is 44.0 Å². The molecule has 0 radical (unpaired) electrons. The van der Waals surface area contributed by atoms with E-state index in [4.69, 9.17) is 0 Å². The van der Waals surface area contributed by atoms with E-state index in [1.807, 2.05) is 49.4 Å². The average Bonchev–Trinajstić information content (AvgIpc) is 3.27. The SMILES string of the molecule is Cc1ccc(N2CCCC2)c(C(=O)NCC(=O)Nc2cccc3cccnc23)c1. The van der Waals surface area contributed by atoms with Crippen molar-refractivity contribution in [3.8, 4) is 0 Å². The smallest absolute Gasteiger partial charge is 0.253 e. The van der Waals surface area contributed by atoms with Crippen molar-refractivity contribution in [1.29, 1.82) is 0 Å². The Morgan fingerprint density at radius 3 is 2.69 bits per heavy atom. The second-order valence-electron chi connectivity index (χ2n) is 7.33. The predicted molar refractivity (Wildman–Crippen MR) is 115 cm³/mol. The molecule has 6 heteroatoms. The molecule has 1 saturated heterocycles. The number of carbonyl (C=O) groups is 2. The van der Waals surface area contributed by atoms with Crippen molar-refractivity contribution in [1.82, 2.24) is 10.3 Å². The van der Waals surface area contributed by atoms with Crippen LogP contribution in [0.4, 0.5) is 11.4 Å². The van der Waals surface area contributed by atoms with Crippen LogP contribution < -0.4 is 15.5 Å². The molecule has 4 rings (SSSR count). The van der Waals surface area contributed by atoms with Crippen molar-refractivity contribution in [3.05, 3.63) is 65.9 Å². The fraction of sp³-hybridized carbons (Fsp3) is 0.261. The van der Waals surface area contributed by atoms with Crippen molar-refractivity contribution in [2.24, 2.45) is 0 Å². The Bertz CT molecular complexity index is 1050. The first-order valence-electron chi connectivity index (χ1n) is 9.89. The minimum atomic E-state index is -0.285. The van der Waals surface area contributed by atoms with Gasteiger partial charge in [0, 0.05) is 30.4 Å². The fourth-order valence-electron chi connectivity index (χ4n) is 3.72. The normalized spacial score (nSPS) is 13.5. The highest BCUT2D eigenvalue weighted by molar-refractivity contribution is 6.05. The summed E-state index contributed by atoms with van der Waals surface area (Å²) in [5, 5.41) is 6.55. The van der Waals surface area contributed by atoms with Gasteiger partial charge in [0.25, 0.3) is 5.91 Å².